The molecule has 0 atom stereocenters. The number of fused-ring (bicyclic) bond motifs is 1. The van der Waals surface area contributed by atoms with Gasteiger partial charge in [0.1, 0.15) is 0 Å². The van der Waals surface area contributed by atoms with Crippen molar-refractivity contribution in [3.63, 3.8) is 0 Å². The van der Waals surface area contributed by atoms with Crippen molar-refractivity contribution in [2.24, 2.45) is 0 Å². The highest BCUT2D eigenvalue weighted by Gasteiger charge is 2.21. The molecule has 0 aliphatic rings. The molecule has 94 valence electrons. The number of carboxylic acids is 1. The minimum atomic E-state index is -1.01. The third-order valence-corrected chi connectivity index (χ3v) is 2.98. The van der Waals surface area contributed by atoms with E-state index in [1.54, 1.807) is 6.92 Å². The predicted octanol–water partition coefficient (Wildman–Crippen LogP) is 2.90. The normalized spacial score (nSPS) is 10.8. The van der Waals surface area contributed by atoms with Gasteiger partial charge in [0.05, 0.1) is 22.8 Å². The number of nitrogens with zero attached hydrogens (tertiary/aromatic N) is 2. The number of aromatic carboxylic acids is 1. The minimum absolute atomic E-state index is 0.182. The Balaban J connectivity index is 2.46. The topological polar surface area (TPSA) is 76.2 Å². The first-order valence-electron chi connectivity index (χ1n) is 5.72. The number of pyridine rings is 1. The second-order valence-corrected chi connectivity index (χ2v) is 4.16. The molecule has 3 aromatic rings. The van der Waals surface area contributed by atoms with E-state index in [4.69, 9.17) is 4.52 Å². The van der Waals surface area contributed by atoms with Crippen LogP contribution in [-0.2, 0) is 0 Å². The van der Waals surface area contributed by atoms with Crippen molar-refractivity contribution in [1.29, 1.82) is 0 Å². The van der Waals surface area contributed by atoms with Crippen LogP contribution in [0.2, 0.25) is 0 Å². The lowest BCUT2D eigenvalue weighted by Gasteiger charge is -2.09. The van der Waals surface area contributed by atoms with Crippen LogP contribution in [0.4, 0.5) is 0 Å². The van der Waals surface area contributed by atoms with Gasteiger partial charge in [0.25, 0.3) is 5.71 Å². The summed E-state index contributed by atoms with van der Waals surface area (Å²) in [6.07, 6.45) is 1.50. The highest BCUT2D eigenvalue weighted by molar-refractivity contribution is 6.05. The first-order chi connectivity index (χ1) is 9.18. The molecule has 2 heterocycles. The van der Waals surface area contributed by atoms with E-state index in [1.165, 1.54) is 6.20 Å². The summed E-state index contributed by atoms with van der Waals surface area (Å²) in [7, 11) is 0. The Morgan fingerprint density at radius 2 is 2.00 bits per heavy atom. The number of hydrogen-bond donors (Lipinski definition) is 1. The molecule has 0 unspecified atom stereocenters. The van der Waals surface area contributed by atoms with Gasteiger partial charge in [0.2, 0.25) is 0 Å². The van der Waals surface area contributed by atoms with Gasteiger partial charge in [-0.15, -0.1) is 0 Å². The molecule has 0 spiro atoms. The zero-order chi connectivity index (χ0) is 13.4. The van der Waals surface area contributed by atoms with E-state index in [-0.39, 0.29) is 5.56 Å². The molecule has 0 radical (unpaired) electrons. The summed E-state index contributed by atoms with van der Waals surface area (Å²) < 4.78 is 5.04. The van der Waals surface area contributed by atoms with Crippen LogP contribution in [-0.4, -0.2) is 21.2 Å². The van der Waals surface area contributed by atoms with E-state index in [0.29, 0.717) is 22.4 Å². The van der Waals surface area contributed by atoms with Gasteiger partial charge in [0, 0.05) is 5.56 Å². The van der Waals surface area contributed by atoms with Crippen LogP contribution in [0.15, 0.2) is 41.1 Å². The molecule has 1 aromatic carbocycles. The second-order valence-electron chi connectivity index (χ2n) is 4.16. The van der Waals surface area contributed by atoms with Gasteiger partial charge < -0.3 is 9.63 Å². The molecule has 0 amide bonds. The number of carbonyl (C=O) groups is 1. The summed E-state index contributed by atoms with van der Waals surface area (Å²) in [5.41, 5.74) is 2.34. The van der Waals surface area contributed by atoms with E-state index in [0.717, 1.165) is 5.56 Å². The van der Waals surface area contributed by atoms with Gasteiger partial charge in [0.15, 0.2) is 0 Å². The standard InChI is InChI=1S/C14H10N2O3/c1-8-11(14(17)18)12(9-5-3-2-4-6-9)10-7-15-19-13(10)16-8/h2-7H,1H3,(H,17,18). The molecule has 5 nitrogen and oxygen atoms in total. The molecule has 0 bridgehead atoms. The molecule has 5 heteroatoms. The molecule has 2 aromatic heterocycles. The summed E-state index contributed by atoms with van der Waals surface area (Å²) in [5, 5.41) is 13.7. The summed E-state index contributed by atoms with van der Waals surface area (Å²) in [4.78, 5) is 15.6. The van der Waals surface area contributed by atoms with Crippen molar-refractivity contribution < 1.29 is 14.4 Å². The van der Waals surface area contributed by atoms with Crippen molar-refractivity contribution in [1.82, 2.24) is 10.1 Å². The third kappa shape index (κ3) is 1.76. The maximum absolute atomic E-state index is 11.5. The van der Waals surface area contributed by atoms with Crippen LogP contribution in [0.25, 0.3) is 22.2 Å². The van der Waals surface area contributed by atoms with E-state index >= 15 is 0 Å². The van der Waals surface area contributed by atoms with Crippen LogP contribution >= 0.6 is 0 Å². The Morgan fingerprint density at radius 3 is 2.68 bits per heavy atom. The average Bonchev–Trinajstić information content (AvgIpc) is 2.85. The van der Waals surface area contributed by atoms with E-state index < -0.39 is 5.97 Å². The van der Waals surface area contributed by atoms with Crippen molar-refractivity contribution >= 4 is 17.1 Å². The SMILES string of the molecule is Cc1nc2oncc2c(-c2ccccc2)c1C(=O)O. The van der Waals surface area contributed by atoms with Crippen molar-refractivity contribution in [2.45, 2.75) is 6.92 Å². The Labute approximate surface area is 108 Å². The van der Waals surface area contributed by atoms with Crippen molar-refractivity contribution in [3.05, 3.63) is 47.8 Å². The molecule has 1 N–H and O–H groups in total. The molecular weight excluding hydrogens is 244 g/mol. The zero-order valence-electron chi connectivity index (χ0n) is 10.1. The molecule has 0 saturated carbocycles. The lowest BCUT2D eigenvalue weighted by Crippen LogP contribution is -2.05. The monoisotopic (exact) mass is 254 g/mol. The Hall–Kier alpha value is -2.69. The van der Waals surface area contributed by atoms with Crippen LogP contribution in [0.5, 0.6) is 0 Å². The molecule has 0 saturated heterocycles. The zero-order valence-corrected chi connectivity index (χ0v) is 10.1. The Bertz CT molecular complexity index is 763. The van der Waals surface area contributed by atoms with Gasteiger partial charge in [-0.05, 0) is 12.5 Å². The number of aromatic nitrogens is 2. The maximum atomic E-state index is 11.5. The summed E-state index contributed by atoms with van der Waals surface area (Å²) in [5.74, 6) is -1.01. The fraction of sp³-hybridized carbons (Fsp3) is 0.0714. The van der Waals surface area contributed by atoms with Gasteiger partial charge in [-0.25, -0.2) is 9.78 Å². The van der Waals surface area contributed by atoms with Crippen LogP contribution < -0.4 is 0 Å². The first-order valence-corrected chi connectivity index (χ1v) is 5.72. The van der Waals surface area contributed by atoms with Crippen LogP contribution in [0.3, 0.4) is 0 Å². The highest BCUT2D eigenvalue weighted by Crippen LogP contribution is 2.32. The Morgan fingerprint density at radius 1 is 1.26 bits per heavy atom. The van der Waals surface area contributed by atoms with Gasteiger partial charge in [-0.1, -0.05) is 35.5 Å². The van der Waals surface area contributed by atoms with Crippen LogP contribution in [0.1, 0.15) is 16.1 Å². The predicted molar refractivity (Wildman–Crippen MR) is 68.9 cm³/mol. The number of rotatable bonds is 2. The van der Waals surface area contributed by atoms with E-state index in [1.807, 2.05) is 30.3 Å². The lowest BCUT2D eigenvalue weighted by molar-refractivity contribution is 0.0696. The number of hydrogen-bond acceptors (Lipinski definition) is 4. The smallest absolute Gasteiger partial charge is 0.338 e. The van der Waals surface area contributed by atoms with Gasteiger partial charge in [-0.2, -0.15) is 0 Å². The molecule has 0 aliphatic carbocycles. The fourth-order valence-electron chi connectivity index (χ4n) is 2.18. The van der Waals surface area contributed by atoms with Crippen molar-refractivity contribution in [3.8, 4) is 11.1 Å². The number of carboxylic acid groups (broad SMARTS) is 1. The Kier molecular flexibility index (Phi) is 2.52. The first kappa shape index (κ1) is 11.4. The van der Waals surface area contributed by atoms with E-state index in [2.05, 4.69) is 10.1 Å². The largest absolute Gasteiger partial charge is 0.478 e. The fourth-order valence-corrected chi connectivity index (χ4v) is 2.18. The molecule has 3 rings (SSSR count). The van der Waals surface area contributed by atoms with Gasteiger partial charge >= 0.3 is 5.97 Å². The van der Waals surface area contributed by atoms with E-state index in [9.17, 15) is 9.90 Å². The number of aryl methyl sites for hydroxylation is 1. The second kappa shape index (κ2) is 4.20. The average molecular weight is 254 g/mol. The summed E-state index contributed by atoms with van der Waals surface area (Å²) >= 11 is 0. The minimum Gasteiger partial charge on any atom is -0.478 e. The number of benzene rings is 1. The van der Waals surface area contributed by atoms with Gasteiger partial charge in [-0.3, -0.25) is 0 Å². The quantitative estimate of drug-likeness (QED) is 0.760. The molecular formula is C14H10N2O3. The third-order valence-electron chi connectivity index (χ3n) is 2.98. The highest BCUT2D eigenvalue weighted by atomic mass is 16.5. The summed E-state index contributed by atoms with van der Waals surface area (Å²) in [6.45, 7) is 1.65. The van der Waals surface area contributed by atoms with Crippen LogP contribution in [0, 0.1) is 6.92 Å². The molecule has 0 fully saturated rings. The lowest BCUT2D eigenvalue weighted by atomic mass is 9.97. The van der Waals surface area contributed by atoms with Crippen molar-refractivity contribution in [2.75, 3.05) is 0 Å². The molecule has 19 heavy (non-hydrogen) atoms. The molecule has 0 aliphatic heterocycles. The summed E-state index contributed by atoms with van der Waals surface area (Å²) in [6, 6.07) is 9.30. The maximum Gasteiger partial charge on any atom is 0.338 e.